The minimum atomic E-state index is -4.11. The molecule has 1 aromatic rings. The molecule has 0 spiro atoms. The van der Waals surface area contributed by atoms with Gasteiger partial charge in [0.15, 0.2) is 8.32 Å². The third kappa shape index (κ3) is 6.22. The van der Waals surface area contributed by atoms with Crippen molar-refractivity contribution in [2.45, 2.75) is 49.8 Å². The molecule has 12 heteroatoms. The highest BCUT2D eigenvalue weighted by Crippen LogP contribution is 2.38. The van der Waals surface area contributed by atoms with E-state index in [1.807, 2.05) is 0 Å². The third-order valence-corrected chi connectivity index (χ3v) is 10.6. The molecular weight excluding hydrogens is 458 g/mol. The van der Waals surface area contributed by atoms with E-state index in [2.05, 4.69) is 55.1 Å². The highest BCUT2D eigenvalue weighted by molar-refractivity contribution is 9.10. The van der Waals surface area contributed by atoms with Gasteiger partial charge in [-0.05, 0) is 40.1 Å². The summed E-state index contributed by atoms with van der Waals surface area (Å²) in [7, 11) is -6.19. The second kappa shape index (κ2) is 8.53. The zero-order chi connectivity index (χ0) is 21.2. The number of hydrogen-bond acceptors (Lipinski definition) is 7. The Morgan fingerprint density at radius 1 is 1.41 bits per heavy atom. The molecule has 0 bridgehead atoms. The lowest BCUT2D eigenvalue weighted by Gasteiger charge is -2.37. The van der Waals surface area contributed by atoms with Gasteiger partial charge in [0, 0.05) is 10.5 Å². The number of nitro benzene ring substituents is 1. The van der Waals surface area contributed by atoms with Crippen molar-refractivity contribution < 1.29 is 22.9 Å². The van der Waals surface area contributed by atoms with Crippen LogP contribution in [0.15, 0.2) is 21.5 Å². The lowest BCUT2D eigenvalue weighted by molar-refractivity contribution is -0.384. The van der Waals surface area contributed by atoms with E-state index in [9.17, 15) is 23.6 Å². The van der Waals surface area contributed by atoms with Crippen molar-refractivity contribution in [1.29, 1.82) is 0 Å². The van der Waals surface area contributed by atoms with Crippen LogP contribution in [0.3, 0.4) is 0 Å². The molecule has 0 aliphatic rings. The molecule has 1 aromatic carbocycles. The van der Waals surface area contributed by atoms with Crippen molar-refractivity contribution in [1.82, 2.24) is 0 Å². The maximum absolute atomic E-state index is 11.5. The number of benzene rings is 1. The normalized spacial score (nSPS) is 14.1. The molecule has 0 saturated heterocycles. The molecular formula is C15H26BrN3O6SSi. The first-order chi connectivity index (χ1) is 12.1. The predicted octanol–water partition coefficient (Wildman–Crippen LogP) is 2.80. The number of aliphatic hydroxyl groups excluding tert-OH is 1. The van der Waals surface area contributed by atoms with Crippen molar-refractivity contribution >= 4 is 45.6 Å². The molecule has 1 rings (SSSR count). The van der Waals surface area contributed by atoms with Crippen LogP contribution >= 0.6 is 15.9 Å². The summed E-state index contributed by atoms with van der Waals surface area (Å²) >= 11 is 3.14. The smallest absolute Gasteiger partial charge is 0.294 e. The van der Waals surface area contributed by atoms with Crippen molar-refractivity contribution in [3.05, 3.63) is 26.7 Å². The van der Waals surface area contributed by atoms with E-state index in [0.29, 0.717) is 0 Å². The van der Waals surface area contributed by atoms with Gasteiger partial charge < -0.3 is 14.8 Å². The van der Waals surface area contributed by atoms with Crippen molar-refractivity contribution in [2.75, 3.05) is 18.5 Å². The molecule has 9 nitrogen and oxygen atoms in total. The standard InChI is InChI=1S/C15H26BrN3O6SSi/c1-15(2,3)27(4,5)25-9-10(8-20)18-14-12(16)6-11(26(17,23)24)7-13(14)19(21)22/h6-7,10,18,20H,8-9H2,1-5H3,(H2,17,23,24)/t10-/m1/s1. The van der Waals surface area contributed by atoms with Gasteiger partial charge in [0.1, 0.15) is 5.69 Å². The van der Waals surface area contributed by atoms with Gasteiger partial charge in [0.05, 0.1) is 29.1 Å². The van der Waals surface area contributed by atoms with Crippen LogP contribution in [0.2, 0.25) is 18.1 Å². The zero-order valence-corrected chi connectivity index (χ0v) is 19.3. The largest absolute Gasteiger partial charge is 0.415 e. The molecule has 154 valence electrons. The van der Waals surface area contributed by atoms with Crippen LogP contribution in [0.25, 0.3) is 0 Å². The van der Waals surface area contributed by atoms with Crippen molar-refractivity contribution in [3.8, 4) is 0 Å². The number of aliphatic hydroxyl groups is 1. The monoisotopic (exact) mass is 483 g/mol. The summed E-state index contributed by atoms with van der Waals surface area (Å²) in [5.74, 6) is 0. The van der Waals surface area contributed by atoms with Crippen molar-refractivity contribution in [3.63, 3.8) is 0 Å². The lowest BCUT2D eigenvalue weighted by atomic mass is 10.2. The average molecular weight is 484 g/mol. The number of primary sulfonamides is 1. The van der Waals surface area contributed by atoms with Gasteiger partial charge in [-0.25, -0.2) is 13.6 Å². The molecule has 0 radical (unpaired) electrons. The van der Waals surface area contributed by atoms with Gasteiger partial charge in [-0.2, -0.15) is 0 Å². The molecule has 0 aliphatic heterocycles. The fourth-order valence-corrected chi connectivity index (χ4v) is 4.21. The third-order valence-electron chi connectivity index (χ3n) is 4.59. The van der Waals surface area contributed by atoms with E-state index >= 15 is 0 Å². The Morgan fingerprint density at radius 3 is 2.37 bits per heavy atom. The van der Waals surface area contributed by atoms with Gasteiger partial charge in [0.2, 0.25) is 10.0 Å². The van der Waals surface area contributed by atoms with Gasteiger partial charge >= 0.3 is 0 Å². The Kier molecular flexibility index (Phi) is 7.58. The molecule has 4 N–H and O–H groups in total. The zero-order valence-electron chi connectivity index (χ0n) is 15.9. The second-order valence-corrected chi connectivity index (χ2v) is 14.9. The van der Waals surface area contributed by atoms with Crippen LogP contribution in [0.5, 0.6) is 0 Å². The number of hydrogen-bond donors (Lipinski definition) is 3. The highest BCUT2D eigenvalue weighted by atomic mass is 79.9. The minimum absolute atomic E-state index is 0.0310. The maximum atomic E-state index is 11.5. The summed E-state index contributed by atoms with van der Waals surface area (Å²) in [6.07, 6.45) is 0. The number of nitrogens with one attached hydrogen (secondary N) is 1. The van der Waals surface area contributed by atoms with Crippen LogP contribution in [-0.4, -0.2) is 46.0 Å². The summed E-state index contributed by atoms with van der Waals surface area (Å²) in [6, 6.07) is 1.44. The first-order valence-corrected chi connectivity index (χ1v) is 13.4. The topological polar surface area (TPSA) is 145 Å². The number of sulfonamides is 1. The van der Waals surface area contributed by atoms with Gasteiger partial charge in [-0.15, -0.1) is 0 Å². The number of halogens is 1. The first-order valence-electron chi connectivity index (χ1n) is 8.12. The van der Waals surface area contributed by atoms with E-state index in [4.69, 9.17) is 9.56 Å². The molecule has 0 aliphatic carbocycles. The van der Waals surface area contributed by atoms with E-state index in [1.54, 1.807) is 0 Å². The number of nitrogens with two attached hydrogens (primary N) is 1. The number of anilines is 1. The molecule has 0 amide bonds. The van der Waals surface area contributed by atoms with Crippen LogP contribution in [0.4, 0.5) is 11.4 Å². The summed E-state index contributed by atoms with van der Waals surface area (Å²) in [5, 5.41) is 29.0. The molecule has 0 aromatic heterocycles. The maximum Gasteiger partial charge on any atom is 0.294 e. The summed E-state index contributed by atoms with van der Waals surface area (Å²) < 4.78 is 29.2. The summed E-state index contributed by atoms with van der Waals surface area (Å²) in [6.45, 7) is 10.2. The van der Waals surface area contributed by atoms with Crippen LogP contribution in [0, 0.1) is 10.1 Å². The van der Waals surface area contributed by atoms with Gasteiger partial charge in [-0.3, -0.25) is 10.1 Å². The fraction of sp³-hybridized carbons (Fsp3) is 0.600. The molecule has 0 fully saturated rings. The Hall–Kier alpha value is -1.05. The van der Waals surface area contributed by atoms with Gasteiger partial charge in [-0.1, -0.05) is 20.8 Å². The Bertz CT molecular complexity index is 811. The Morgan fingerprint density at radius 2 is 1.96 bits per heavy atom. The first kappa shape index (κ1) is 24.0. The van der Waals surface area contributed by atoms with Gasteiger partial charge in [0.25, 0.3) is 5.69 Å². The van der Waals surface area contributed by atoms with Crippen LogP contribution in [-0.2, 0) is 14.4 Å². The molecule has 27 heavy (non-hydrogen) atoms. The number of nitro groups is 1. The van der Waals surface area contributed by atoms with E-state index in [1.165, 1.54) is 6.07 Å². The van der Waals surface area contributed by atoms with E-state index < -0.39 is 35.0 Å². The van der Waals surface area contributed by atoms with E-state index in [0.717, 1.165) is 6.07 Å². The van der Waals surface area contributed by atoms with E-state index in [-0.39, 0.29) is 33.3 Å². The molecule has 0 saturated carbocycles. The average Bonchev–Trinajstić information content (AvgIpc) is 2.49. The summed E-state index contributed by atoms with van der Waals surface area (Å²) in [5.41, 5.74) is -0.426. The fourth-order valence-electron chi connectivity index (χ4n) is 1.89. The highest BCUT2D eigenvalue weighted by Gasteiger charge is 2.37. The quantitative estimate of drug-likeness (QED) is 0.292. The summed E-state index contributed by atoms with van der Waals surface area (Å²) in [4.78, 5) is 10.3. The van der Waals surface area contributed by atoms with Crippen LogP contribution in [0.1, 0.15) is 20.8 Å². The molecule has 0 unspecified atom stereocenters. The minimum Gasteiger partial charge on any atom is -0.415 e. The molecule has 1 atom stereocenters. The second-order valence-electron chi connectivity index (χ2n) is 7.70. The SMILES string of the molecule is CC(C)(C)[Si](C)(C)OC[C@@H](CO)Nc1c(Br)cc(S(N)(=O)=O)cc1[N+](=O)[O-]. The lowest BCUT2D eigenvalue weighted by Crippen LogP contribution is -2.44. The Labute approximate surface area is 168 Å². The van der Waals surface area contributed by atoms with Crippen LogP contribution < -0.4 is 10.5 Å². The molecule has 0 heterocycles. The predicted molar refractivity (Wildman–Crippen MR) is 110 cm³/mol. The van der Waals surface area contributed by atoms with Crippen molar-refractivity contribution in [2.24, 2.45) is 5.14 Å². The number of nitrogens with zero attached hydrogens (tertiary/aromatic N) is 1. The number of rotatable bonds is 8. The Balaban J connectivity index is 3.16.